The molecule has 0 aliphatic heterocycles. The van der Waals surface area contributed by atoms with E-state index in [0.29, 0.717) is 0 Å². The minimum Gasteiger partial charge on any atom is -0.166 e. The molecule has 0 nitrogen and oxygen atoms in total. The van der Waals surface area contributed by atoms with Gasteiger partial charge in [0.2, 0.25) is 0 Å². The molecule has 0 aliphatic rings. The number of rotatable bonds is 8. The summed E-state index contributed by atoms with van der Waals surface area (Å²) < 4.78 is 544. The maximum Gasteiger partial charge on any atom is 0.416 e. The first-order chi connectivity index (χ1) is 38.6. The largest absolute Gasteiger partial charge is 0.416 e. The predicted molar refractivity (Wildman–Crippen MR) is 235 cm³/mol. The standard InChI is InChI=1S/C49H20F36P2/c50-38(51,52)20-1-21(39(53,54)55)8-32(7-20)86(33-9-22(40(56,57)58)2-23(10-33)41(59,60)61,34-11-24(42(62,63)64)3-25(12-34)43(65,66)67)19-87(35-13-26(44(68,69)70)4-27(14-35)45(71,72)73,36-15-28(46(74,75)76)5-29(16-36)47(77,78)79)37-17-30(48(80,81)82)6-31(18-37)49(83,84)85/h1-18H,19H2/q+2. The van der Waals surface area contributed by atoms with Crippen LogP contribution < -0.4 is 31.8 Å². The monoisotopic (exact) mass is 1350 g/mol. The maximum atomic E-state index is 15.1. The number of hydrogen-bond acceptors (Lipinski definition) is 0. The minimum absolute atomic E-state index is 1.06. The first-order valence-electron chi connectivity index (χ1n) is 22.2. The highest BCUT2D eigenvalue weighted by molar-refractivity contribution is 8.10. The highest BCUT2D eigenvalue weighted by Gasteiger charge is 2.65. The average molecular weight is 1350 g/mol. The Bertz CT molecular complexity index is 2760. The van der Waals surface area contributed by atoms with Crippen LogP contribution in [-0.4, -0.2) is 5.90 Å². The summed E-state index contributed by atoms with van der Waals surface area (Å²) in [5, 5.41) is -16.5. The smallest absolute Gasteiger partial charge is 0.166 e. The normalized spacial score (nSPS) is 14.5. The van der Waals surface area contributed by atoms with Crippen molar-refractivity contribution in [1.82, 2.24) is 0 Å². The molecule has 476 valence electrons. The molecular weight excluding hydrogens is 1330 g/mol. The number of halogens is 36. The first-order valence-corrected chi connectivity index (χ1v) is 26.1. The molecule has 0 fully saturated rings. The lowest BCUT2D eigenvalue weighted by Crippen LogP contribution is -2.43. The Morgan fingerprint density at radius 1 is 0.149 bits per heavy atom. The van der Waals surface area contributed by atoms with Crippen molar-refractivity contribution in [2.24, 2.45) is 0 Å². The molecular formula is C49H20F36P2+2. The third kappa shape index (κ3) is 14.9. The van der Waals surface area contributed by atoms with Crippen LogP contribution in [0.3, 0.4) is 0 Å². The van der Waals surface area contributed by atoms with Crippen LogP contribution in [0.25, 0.3) is 0 Å². The van der Waals surface area contributed by atoms with Gasteiger partial charge < -0.3 is 0 Å². The van der Waals surface area contributed by atoms with Gasteiger partial charge in [-0.1, -0.05) is 0 Å². The summed E-state index contributed by atoms with van der Waals surface area (Å²) in [6, 6.07) is -19.5. The summed E-state index contributed by atoms with van der Waals surface area (Å²) in [6.07, 6.45) is -79.3. The molecule has 6 aromatic rings. The van der Waals surface area contributed by atoms with Crippen LogP contribution in [0, 0.1) is 0 Å². The lowest BCUT2D eigenvalue weighted by Gasteiger charge is -2.37. The lowest BCUT2D eigenvalue weighted by molar-refractivity contribution is -0.144. The van der Waals surface area contributed by atoms with Gasteiger partial charge in [-0.2, -0.15) is 158 Å². The SMILES string of the molecule is FC(F)(F)c1cc(C(F)(F)F)cc([P+](C[P+](c2cc(C(F)(F)F)cc(C(F)(F)F)c2)(c2cc(C(F)(F)F)cc(C(F)(F)F)c2)c2cc(C(F)(F)F)cc(C(F)(F)F)c2)(c2cc(C(F)(F)F)cc(C(F)(F)F)c2)c2cc(C(F)(F)F)cc(C(F)(F)F)c2)c1. The van der Waals surface area contributed by atoms with Crippen LogP contribution in [0.15, 0.2) is 109 Å². The van der Waals surface area contributed by atoms with E-state index in [4.69, 9.17) is 0 Å². The van der Waals surface area contributed by atoms with Gasteiger partial charge in [0.15, 0.2) is 20.4 Å². The summed E-state index contributed by atoms with van der Waals surface area (Å²) in [5.41, 5.74) is -37.1. The Morgan fingerprint density at radius 2 is 0.230 bits per heavy atom. The second-order valence-corrected chi connectivity index (χ2v) is 25.8. The van der Waals surface area contributed by atoms with Gasteiger partial charge in [-0.3, -0.25) is 0 Å². The highest BCUT2D eigenvalue weighted by Crippen LogP contribution is 2.73. The molecule has 0 aromatic heterocycles. The molecule has 38 heteroatoms. The fourth-order valence-corrected chi connectivity index (χ4v) is 21.2. The van der Waals surface area contributed by atoms with Crippen LogP contribution >= 0.6 is 14.5 Å². The van der Waals surface area contributed by atoms with Gasteiger partial charge in [0.05, 0.1) is 66.8 Å². The van der Waals surface area contributed by atoms with E-state index in [1.807, 2.05) is 0 Å². The number of hydrogen-bond donors (Lipinski definition) is 0. The molecule has 0 heterocycles. The van der Waals surface area contributed by atoms with Crippen molar-refractivity contribution in [2.45, 2.75) is 74.1 Å². The molecule has 0 bridgehead atoms. The van der Waals surface area contributed by atoms with E-state index >= 15 is 158 Å². The second-order valence-electron chi connectivity index (χ2n) is 18.3. The molecule has 6 aromatic carbocycles. The molecule has 0 aliphatic carbocycles. The van der Waals surface area contributed by atoms with Crippen molar-refractivity contribution >= 4 is 46.4 Å². The van der Waals surface area contributed by atoms with Crippen molar-refractivity contribution in [1.29, 1.82) is 0 Å². The zero-order chi connectivity index (χ0) is 66.8. The molecule has 6 rings (SSSR count). The van der Waals surface area contributed by atoms with Crippen molar-refractivity contribution < 1.29 is 158 Å². The van der Waals surface area contributed by atoms with Gasteiger partial charge in [0.25, 0.3) is 0 Å². The number of benzene rings is 6. The second kappa shape index (κ2) is 21.7. The van der Waals surface area contributed by atoms with E-state index < -0.39 is 302 Å². The maximum absolute atomic E-state index is 15.1. The third-order valence-electron chi connectivity index (χ3n) is 12.5. The summed E-state index contributed by atoms with van der Waals surface area (Å²) in [6.45, 7) is 0. The topological polar surface area (TPSA) is 0 Å². The van der Waals surface area contributed by atoms with Crippen LogP contribution in [0.1, 0.15) is 66.8 Å². The molecule has 87 heavy (non-hydrogen) atoms. The first kappa shape index (κ1) is 69.8. The Labute approximate surface area is 460 Å². The van der Waals surface area contributed by atoms with E-state index in [-0.39, 0.29) is 0 Å². The van der Waals surface area contributed by atoms with Gasteiger partial charge >= 0.3 is 74.1 Å². The van der Waals surface area contributed by atoms with Gasteiger partial charge in [-0.05, 0) is 109 Å². The molecule has 0 saturated heterocycles. The highest BCUT2D eigenvalue weighted by atomic mass is 31.2. The quantitative estimate of drug-likeness (QED) is 0.105. The lowest BCUT2D eigenvalue weighted by atomic mass is 10.1. The summed E-state index contributed by atoms with van der Waals surface area (Å²) in [7, 11) is -15.4. The number of alkyl halides is 36. The third-order valence-corrected chi connectivity index (χ3v) is 22.7. The Hall–Kier alpha value is -6.34. The van der Waals surface area contributed by atoms with Crippen LogP contribution in [0.2, 0.25) is 0 Å². The van der Waals surface area contributed by atoms with Crippen LogP contribution in [0.4, 0.5) is 158 Å². The summed E-state index contributed by atoms with van der Waals surface area (Å²) in [4.78, 5) is 0. The molecule has 0 saturated carbocycles. The van der Waals surface area contributed by atoms with E-state index in [1.54, 1.807) is 0 Å². The van der Waals surface area contributed by atoms with Crippen molar-refractivity contribution in [3.63, 3.8) is 0 Å². The Balaban J connectivity index is 2.31. The fourth-order valence-electron chi connectivity index (χ4n) is 8.66. The zero-order valence-electron chi connectivity index (χ0n) is 40.6. The van der Waals surface area contributed by atoms with Gasteiger partial charge in [-0.15, -0.1) is 0 Å². The molecule has 0 spiro atoms. The molecule has 0 atom stereocenters. The molecule has 0 amide bonds. The predicted octanol–water partition coefficient (Wildman–Crippen LogP) is 19.2. The molecule has 0 N–H and O–H groups in total. The van der Waals surface area contributed by atoms with Crippen LogP contribution in [0.5, 0.6) is 0 Å². The van der Waals surface area contributed by atoms with Gasteiger partial charge in [0.1, 0.15) is 31.8 Å². The van der Waals surface area contributed by atoms with Gasteiger partial charge in [-0.25, -0.2) is 0 Å². The summed E-state index contributed by atoms with van der Waals surface area (Å²) >= 11 is 0. The van der Waals surface area contributed by atoms with Crippen molar-refractivity contribution in [2.75, 3.05) is 5.90 Å². The van der Waals surface area contributed by atoms with E-state index in [9.17, 15) is 0 Å². The summed E-state index contributed by atoms with van der Waals surface area (Å²) in [5.74, 6) is -3.49. The van der Waals surface area contributed by atoms with Crippen molar-refractivity contribution in [3.05, 3.63) is 176 Å². The van der Waals surface area contributed by atoms with Crippen molar-refractivity contribution in [3.8, 4) is 0 Å². The fraction of sp³-hybridized carbons (Fsp3) is 0.265. The Kier molecular flexibility index (Phi) is 17.4. The van der Waals surface area contributed by atoms with Gasteiger partial charge in [0, 0.05) is 0 Å². The average Bonchev–Trinajstić information content (AvgIpc) is 0.740. The molecule has 0 radical (unpaired) electrons. The van der Waals surface area contributed by atoms with E-state index in [1.165, 1.54) is 0 Å². The minimum atomic E-state index is -7.72. The molecule has 0 unspecified atom stereocenters. The Morgan fingerprint density at radius 3 is 0.299 bits per heavy atom. The van der Waals surface area contributed by atoms with E-state index in [2.05, 4.69) is 0 Å². The van der Waals surface area contributed by atoms with Crippen LogP contribution in [-0.2, 0) is 74.1 Å². The van der Waals surface area contributed by atoms with E-state index in [0.717, 1.165) is 0 Å². The zero-order valence-corrected chi connectivity index (χ0v) is 42.4.